The molecule has 84 valence electrons. The van der Waals surface area contributed by atoms with Crippen molar-refractivity contribution in [2.75, 3.05) is 6.54 Å². The maximum Gasteiger partial charge on any atom is 0.330 e. The zero-order valence-corrected chi connectivity index (χ0v) is 9.33. The average molecular weight is 221 g/mol. The lowest BCUT2D eigenvalue weighted by Gasteiger charge is -2.25. The maximum atomic E-state index is 11.2. The second kappa shape index (κ2) is 5.26. The SMILES string of the molecule is NCC(C1CCCCCC1)P(=O)(O)O. The van der Waals surface area contributed by atoms with Crippen LogP contribution < -0.4 is 5.73 Å². The Hall–Kier alpha value is 0.110. The fourth-order valence-electron chi connectivity index (χ4n) is 2.30. The van der Waals surface area contributed by atoms with Gasteiger partial charge in [0.25, 0.3) is 0 Å². The summed E-state index contributed by atoms with van der Waals surface area (Å²) >= 11 is 0. The fourth-order valence-corrected chi connectivity index (χ4v) is 3.42. The Morgan fingerprint density at radius 3 is 2.07 bits per heavy atom. The zero-order valence-electron chi connectivity index (χ0n) is 8.43. The number of rotatable bonds is 3. The van der Waals surface area contributed by atoms with Crippen LogP contribution in [0.15, 0.2) is 0 Å². The molecule has 1 rings (SSSR count). The van der Waals surface area contributed by atoms with E-state index in [0.717, 1.165) is 25.7 Å². The van der Waals surface area contributed by atoms with Crippen molar-refractivity contribution in [2.45, 2.75) is 44.2 Å². The Morgan fingerprint density at radius 2 is 1.71 bits per heavy atom. The predicted molar refractivity (Wildman–Crippen MR) is 56.1 cm³/mol. The molecule has 0 heterocycles. The van der Waals surface area contributed by atoms with Crippen LogP contribution in [-0.4, -0.2) is 22.0 Å². The van der Waals surface area contributed by atoms with E-state index in [1.54, 1.807) is 0 Å². The van der Waals surface area contributed by atoms with Gasteiger partial charge in [0, 0.05) is 6.54 Å². The normalized spacial score (nSPS) is 23.1. The highest BCUT2D eigenvalue weighted by Gasteiger charge is 2.34. The molecule has 0 radical (unpaired) electrons. The Bertz CT molecular complexity index is 208. The molecule has 0 aromatic heterocycles. The molecule has 4 nitrogen and oxygen atoms in total. The lowest BCUT2D eigenvalue weighted by molar-refractivity contribution is 0.321. The Kier molecular flexibility index (Phi) is 4.58. The molecule has 1 saturated carbocycles. The van der Waals surface area contributed by atoms with E-state index in [-0.39, 0.29) is 12.5 Å². The molecule has 0 amide bonds. The Balaban J connectivity index is 2.62. The second-order valence-corrected chi connectivity index (χ2v) is 5.99. The van der Waals surface area contributed by atoms with E-state index < -0.39 is 13.3 Å². The third kappa shape index (κ3) is 3.35. The topological polar surface area (TPSA) is 83.6 Å². The molecular weight excluding hydrogens is 201 g/mol. The minimum Gasteiger partial charge on any atom is -0.330 e. The van der Waals surface area contributed by atoms with Gasteiger partial charge in [0.15, 0.2) is 0 Å². The van der Waals surface area contributed by atoms with Crippen LogP contribution in [0.5, 0.6) is 0 Å². The van der Waals surface area contributed by atoms with Gasteiger partial charge in [-0.2, -0.15) is 0 Å². The van der Waals surface area contributed by atoms with E-state index in [0.29, 0.717) is 0 Å². The summed E-state index contributed by atoms with van der Waals surface area (Å²) in [5.41, 5.74) is 4.84. The second-order valence-electron chi connectivity index (χ2n) is 4.14. The minimum atomic E-state index is -3.99. The van der Waals surface area contributed by atoms with E-state index in [9.17, 15) is 4.57 Å². The number of hydrogen-bond acceptors (Lipinski definition) is 2. The lowest BCUT2D eigenvalue weighted by atomic mass is 9.96. The lowest BCUT2D eigenvalue weighted by Crippen LogP contribution is -2.29. The average Bonchev–Trinajstić information content (AvgIpc) is 2.31. The molecule has 0 aliphatic heterocycles. The van der Waals surface area contributed by atoms with Gasteiger partial charge in [-0.3, -0.25) is 4.57 Å². The van der Waals surface area contributed by atoms with Crippen LogP contribution in [-0.2, 0) is 4.57 Å². The van der Waals surface area contributed by atoms with Crippen LogP contribution in [0.3, 0.4) is 0 Å². The smallest absolute Gasteiger partial charge is 0.330 e. The molecule has 1 unspecified atom stereocenters. The van der Waals surface area contributed by atoms with Gasteiger partial charge in [-0.15, -0.1) is 0 Å². The fraction of sp³-hybridized carbons (Fsp3) is 1.00. The van der Waals surface area contributed by atoms with Crippen LogP contribution in [0.4, 0.5) is 0 Å². The van der Waals surface area contributed by atoms with Crippen LogP contribution >= 0.6 is 7.60 Å². The molecule has 0 saturated heterocycles. The van der Waals surface area contributed by atoms with E-state index in [1.165, 1.54) is 12.8 Å². The van der Waals surface area contributed by atoms with Gasteiger partial charge < -0.3 is 15.5 Å². The largest absolute Gasteiger partial charge is 0.330 e. The van der Waals surface area contributed by atoms with E-state index in [2.05, 4.69) is 0 Å². The molecular formula is C9H20NO3P. The van der Waals surface area contributed by atoms with Crippen molar-refractivity contribution >= 4 is 7.60 Å². The summed E-state index contributed by atoms with van der Waals surface area (Å²) in [6.45, 7) is 0.106. The monoisotopic (exact) mass is 221 g/mol. The molecule has 1 aliphatic carbocycles. The predicted octanol–water partition coefficient (Wildman–Crippen LogP) is 1.46. The summed E-state index contributed by atoms with van der Waals surface area (Å²) in [6, 6.07) is 0. The van der Waals surface area contributed by atoms with E-state index in [4.69, 9.17) is 15.5 Å². The molecule has 0 spiro atoms. The molecule has 1 atom stereocenters. The standard InChI is InChI=1S/C9H20NO3P/c10-7-9(14(11,12)13)8-5-3-1-2-4-6-8/h8-9H,1-7,10H2,(H2,11,12,13). The molecule has 5 heteroatoms. The first kappa shape index (κ1) is 12.2. The highest BCUT2D eigenvalue weighted by Crippen LogP contribution is 2.47. The Labute approximate surface area is 85.0 Å². The molecule has 4 N–H and O–H groups in total. The first-order valence-electron chi connectivity index (χ1n) is 5.31. The molecule has 0 bridgehead atoms. The van der Waals surface area contributed by atoms with Gasteiger partial charge in [0.05, 0.1) is 5.66 Å². The highest BCUT2D eigenvalue weighted by atomic mass is 31.2. The quantitative estimate of drug-likeness (QED) is 0.497. The van der Waals surface area contributed by atoms with Crippen molar-refractivity contribution < 1.29 is 14.4 Å². The third-order valence-electron chi connectivity index (χ3n) is 3.12. The first-order valence-corrected chi connectivity index (χ1v) is 6.99. The van der Waals surface area contributed by atoms with Crippen LogP contribution in [0, 0.1) is 5.92 Å². The van der Waals surface area contributed by atoms with Crippen LogP contribution in [0.2, 0.25) is 0 Å². The molecule has 0 aromatic carbocycles. The van der Waals surface area contributed by atoms with Gasteiger partial charge in [-0.25, -0.2) is 0 Å². The first-order chi connectivity index (χ1) is 6.55. The summed E-state index contributed by atoms with van der Waals surface area (Å²) in [5.74, 6) is 0.128. The van der Waals surface area contributed by atoms with Gasteiger partial charge >= 0.3 is 7.60 Å². The third-order valence-corrected chi connectivity index (χ3v) is 4.61. The van der Waals surface area contributed by atoms with Gasteiger partial charge in [-0.05, 0) is 18.8 Å². The van der Waals surface area contributed by atoms with Gasteiger partial charge in [0.2, 0.25) is 0 Å². The van der Waals surface area contributed by atoms with E-state index >= 15 is 0 Å². The molecule has 0 aromatic rings. The minimum absolute atomic E-state index is 0.106. The summed E-state index contributed by atoms with van der Waals surface area (Å²) < 4.78 is 11.2. The van der Waals surface area contributed by atoms with Gasteiger partial charge in [-0.1, -0.05) is 25.7 Å². The molecule has 1 fully saturated rings. The van der Waals surface area contributed by atoms with Crippen molar-refractivity contribution in [2.24, 2.45) is 11.7 Å². The Morgan fingerprint density at radius 1 is 1.21 bits per heavy atom. The van der Waals surface area contributed by atoms with Crippen molar-refractivity contribution in [1.29, 1.82) is 0 Å². The summed E-state index contributed by atoms with van der Waals surface area (Å²) in [6.07, 6.45) is 6.40. The highest BCUT2D eigenvalue weighted by molar-refractivity contribution is 7.52. The van der Waals surface area contributed by atoms with Gasteiger partial charge in [0.1, 0.15) is 0 Å². The number of nitrogens with two attached hydrogens (primary N) is 1. The van der Waals surface area contributed by atoms with Crippen molar-refractivity contribution in [3.8, 4) is 0 Å². The summed E-state index contributed by atoms with van der Waals surface area (Å²) in [4.78, 5) is 18.3. The molecule has 1 aliphatic rings. The van der Waals surface area contributed by atoms with Crippen LogP contribution in [0.1, 0.15) is 38.5 Å². The van der Waals surface area contributed by atoms with Crippen molar-refractivity contribution in [3.05, 3.63) is 0 Å². The summed E-state index contributed by atoms with van der Waals surface area (Å²) in [7, 11) is -3.99. The van der Waals surface area contributed by atoms with E-state index in [1.807, 2.05) is 0 Å². The summed E-state index contributed by atoms with van der Waals surface area (Å²) in [5, 5.41) is 0. The van der Waals surface area contributed by atoms with Crippen molar-refractivity contribution in [1.82, 2.24) is 0 Å². The number of hydrogen-bond donors (Lipinski definition) is 3. The van der Waals surface area contributed by atoms with Crippen molar-refractivity contribution in [3.63, 3.8) is 0 Å². The maximum absolute atomic E-state index is 11.2. The molecule has 14 heavy (non-hydrogen) atoms. The zero-order chi connectivity index (χ0) is 10.6. The van der Waals surface area contributed by atoms with Crippen LogP contribution in [0.25, 0.3) is 0 Å².